The van der Waals surface area contributed by atoms with E-state index in [0.29, 0.717) is 23.6 Å². The fraction of sp³-hybridized carbons (Fsp3) is 0.571. The smallest absolute Gasteiger partial charge is 0.154 e. The Balaban J connectivity index is 2.14. The van der Waals surface area contributed by atoms with Gasteiger partial charge in [0.2, 0.25) is 0 Å². The minimum Gasteiger partial charge on any atom is -0.489 e. The van der Waals surface area contributed by atoms with Gasteiger partial charge >= 0.3 is 0 Å². The second kappa shape index (κ2) is 6.33. The van der Waals surface area contributed by atoms with Crippen molar-refractivity contribution in [3.63, 3.8) is 0 Å². The van der Waals surface area contributed by atoms with Gasteiger partial charge in [0.25, 0.3) is 0 Å². The molecule has 2 unspecified atom stereocenters. The van der Waals surface area contributed by atoms with Crippen LogP contribution in [0.3, 0.4) is 0 Å². The van der Waals surface area contributed by atoms with E-state index in [-0.39, 0.29) is 23.7 Å². The van der Waals surface area contributed by atoms with Gasteiger partial charge in [0.15, 0.2) is 9.84 Å². The topological polar surface area (TPSA) is 69.4 Å². The van der Waals surface area contributed by atoms with E-state index in [1.807, 2.05) is 13.0 Å². The van der Waals surface area contributed by atoms with E-state index < -0.39 is 9.84 Å². The molecule has 2 rings (SSSR count). The van der Waals surface area contributed by atoms with Crippen molar-refractivity contribution < 1.29 is 13.2 Å². The predicted octanol–water partition coefficient (Wildman–Crippen LogP) is 2.19. The SMILES string of the molecule is CCC(N)Cc1cc(Cl)ccc1OC1CCS(=O)(=O)C1. The Hall–Kier alpha value is -0.780. The summed E-state index contributed by atoms with van der Waals surface area (Å²) >= 11 is 6.01. The van der Waals surface area contributed by atoms with Crippen molar-refractivity contribution >= 4 is 21.4 Å². The van der Waals surface area contributed by atoms with Crippen LogP contribution in [0, 0.1) is 0 Å². The first-order chi connectivity index (χ1) is 9.39. The maximum atomic E-state index is 11.5. The van der Waals surface area contributed by atoms with Crippen LogP contribution in [-0.4, -0.2) is 32.1 Å². The minimum absolute atomic E-state index is 0.0446. The van der Waals surface area contributed by atoms with Gasteiger partial charge in [-0.25, -0.2) is 8.42 Å². The van der Waals surface area contributed by atoms with E-state index in [1.54, 1.807) is 12.1 Å². The zero-order valence-corrected chi connectivity index (χ0v) is 13.1. The first-order valence-corrected chi connectivity index (χ1v) is 9.00. The van der Waals surface area contributed by atoms with Crippen LogP contribution in [-0.2, 0) is 16.3 Å². The molecular formula is C14H20ClNO3S. The van der Waals surface area contributed by atoms with Gasteiger partial charge in [0.05, 0.1) is 11.5 Å². The lowest BCUT2D eigenvalue weighted by molar-refractivity contribution is 0.226. The Kier molecular flexibility index (Phi) is 4.94. The molecule has 1 aliphatic rings. The zero-order chi connectivity index (χ0) is 14.8. The Labute approximate surface area is 125 Å². The molecule has 20 heavy (non-hydrogen) atoms. The number of sulfone groups is 1. The van der Waals surface area contributed by atoms with Crippen LogP contribution in [0.5, 0.6) is 5.75 Å². The molecule has 2 N–H and O–H groups in total. The molecule has 0 saturated carbocycles. The third kappa shape index (κ3) is 4.11. The fourth-order valence-corrected chi connectivity index (χ4v) is 4.07. The second-order valence-electron chi connectivity index (χ2n) is 5.27. The van der Waals surface area contributed by atoms with Crippen LogP contribution in [0.25, 0.3) is 0 Å². The molecule has 2 atom stereocenters. The lowest BCUT2D eigenvalue weighted by atomic mass is 10.0. The molecule has 1 aromatic rings. The van der Waals surface area contributed by atoms with Crippen LogP contribution in [0.4, 0.5) is 0 Å². The summed E-state index contributed by atoms with van der Waals surface area (Å²) in [5.41, 5.74) is 6.92. The summed E-state index contributed by atoms with van der Waals surface area (Å²) in [6.45, 7) is 2.03. The second-order valence-corrected chi connectivity index (χ2v) is 7.93. The van der Waals surface area contributed by atoms with Gasteiger partial charge in [0.1, 0.15) is 11.9 Å². The lowest BCUT2D eigenvalue weighted by Gasteiger charge is -2.18. The average molecular weight is 318 g/mol. The van der Waals surface area contributed by atoms with Crippen LogP contribution >= 0.6 is 11.6 Å². The van der Waals surface area contributed by atoms with Gasteiger partial charge in [-0.3, -0.25) is 0 Å². The number of hydrogen-bond donors (Lipinski definition) is 1. The standard InChI is InChI=1S/C14H20ClNO3S/c1-2-12(16)8-10-7-11(15)3-4-14(10)19-13-5-6-20(17,18)9-13/h3-4,7,12-13H,2,5-6,8-9,16H2,1H3. The van der Waals surface area contributed by atoms with Crippen LogP contribution in [0.1, 0.15) is 25.3 Å². The third-order valence-electron chi connectivity index (χ3n) is 3.51. The lowest BCUT2D eigenvalue weighted by Crippen LogP contribution is -2.23. The summed E-state index contributed by atoms with van der Waals surface area (Å²) in [5, 5.41) is 0.634. The van der Waals surface area contributed by atoms with E-state index in [2.05, 4.69) is 0 Å². The summed E-state index contributed by atoms with van der Waals surface area (Å²) in [4.78, 5) is 0. The van der Waals surface area contributed by atoms with Gasteiger partial charge in [-0.1, -0.05) is 18.5 Å². The van der Waals surface area contributed by atoms with Gasteiger partial charge < -0.3 is 10.5 Å². The molecule has 0 bridgehead atoms. The summed E-state index contributed by atoms with van der Waals surface area (Å²) in [5.74, 6) is 0.990. The average Bonchev–Trinajstić information content (AvgIpc) is 2.72. The summed E-state index contributed by atoms with van der Waals surface area (Å²) in [6.07, 6.45) is 1.82. The monoisotopic (exact) mass is 317 g/mol. The number of hydrogen-bond acceptors (Lipinski definition) is 4. The van der Waals surface area contributed by atoms with E-state index in [0.717, 1.165) is 12.0 Å². The number of benzene rings is 1. The predicted molar refractivity (Wildman–Crippen MR) is 81.1 cm³/mol. The highest BCUT2D eigenvalue weighted by Crippen LogP contribution is 2.27. The Morgan fingerprint density at radius 2 is 2.25 bits per heavy atom. The molecule has 4 nitrogen and oxygen atoms in total. The van der Waals surface area contributed by atoms with E-state index >= 15 is 0 Å². The van der Waals surface area contributed by atoms with Crippen molar-refractivity contribution in [1.29, 1.82) is 0 Å². The van der Waals surface area contributed by atoms with Gasteiger partial charge in [0, 0.05) is 11.1 Å². The van der Waals surface area contributed by atoms with E-state index in [1.165, 1.54) is 0 Å². The molecular weight excluding hydrogens is 298 g/mol. The van der Waals surface area contributed by atoms with E-state index in [4.69, 9.17) is 22.1 Å². The Morgan fingerprint density at radius 3 is 2.85 bits per heavy atom. The Morgan fingerprint density at radius 1 is 1.50 bits per heavy atom. The molecule has 1 saturated heterocycles. The van der Waals surface area contributed by atoms with Gasteiger partial charge in [-0.15, -0.1) is 0 Å². The highest BCUT2D eigenvalue weighted by molar-refractivity contribution is 7.91. The van der Waals surface area contributed by atoms with Crippen LogP contribution < -0.4 is 10.5 Å². The first kappa shape index (κ1) is 15.6. The number of rotatable bonds is 5. The molecule has 0 spiro atoms. The molecule has 6 heteroatoms. The molecule has 0 aromatic heterocycles. The normalized spacial score (nSPS) is 22.6. The van der Waals surface area contributed by atoms with Crippen LogP contribution in [0.15, 0.2) is 18.2 Å². The summed E-state index contributed by atoms with van der Waals surface area (Å²) < 4.78 is 28.8. The molecule has 1 heterocycles. The Bertz CT molecular complexity index is 574. The quantitative estimate of drug-likeness (QED) is 0.903. The van der Waals surface area contributed by atoms with E-state index in [9.17, 15) is 8.42 Å². The zero-order valence-electron chi connectivity index (χ0n) is 11.5. The molecule has 1 fully saturated rings. The first-order valence-electron chi connectivity index (χ1n) is 6.80. The fourth-order valence-electron chi connectivity index (χ4n) is 2.28. The maximum absolute atomic E-state index is 11.5. The van der Waals surface area contributed by atoms with Crippen molar-refractivity contribution in [2.24, 2.45) is 5.73 Å². The third-order valence-corrected chi connectivity index (χ3v) is 5.49. The molecule has 1 aliphatic heterocycles. The van der Waals surface area contributed by atoms with Gasteiger partial charge in [-0.2, -0.15) is 0 Å². The maximum Gasteiger partial charge on any atom is 0.154 e. The number of nitrogens with two attached hydrogens (primary N) is 1. The van der Waals surface area contributed by atoms with Crippen molar-refractivity contribution in [2.45, 2.75) is 38.3 Å². The minimum atomic E-state index is -2.94. The summed E-state index contributed by atoms with van der Waals surface area (Å²) in [7, 11) is -2.94. The number of ether oxygens (including phenoxy) is 1. The molecule has 112 valence electrons. The molecule has 0 radical (unpaired) electrons. The highest BCUT2D eigenvalue weighted by atomic mass is 35.5. The van der Waals surface area contributed by atoms with Gasteiger partial charge in [-0.05, 0) is 43.0 Å². The van der Waals surface area contributed by atoms with Crippen molar-refractivity contribution in [3.05, 3.63) is 28.8 Å². The van der Waals surface area contributed by atoms with Crippen molar-refractivity contribution in [2.75, 3.05) is 11.5 Å². The summed E-state index contributed by atoms with van der Waals surface area (Å²) in [6, 6.07) is 5.44. The number of halogens is 1. The van der Waals surface area contributed by atoms with Crippen molar-refractivity contribution in [3.8, 4) is 5.75 Å². The highest BCUT2D eigenvalue weighted by Gasteiger charge is 2.29. The van der Waals surface area contributed by atoms with Crippen LogP contribution in [0.2, 0.25) is 5.02 Å². The molecule has 0 amide bonds. The van der Waals surface area contributed by atoms with Crippen molar-refractivity contribution in [1.82, 2.24) is 0 Å². The molecule has 0 aliphatic carbocycles. The molecule has 1 aromatic carbocycles. The largest absolute Gasteiger partial charge is 0.489 e.